The molecule has 28 heavy (non-hydrogen) atoms. The van der Waals surface area contributed by atoms with Crippen LogP contribution in [0.5, 0.6) is 0 Å². The smallest absolute Gasteiger partial charge is 0.134 e. The Balaban J connectivity index is 1.76. The van der Waals surface area contributed by atoms with Crippen LogP contribution >= 0.6 is 0 Å². The molecular weight excluding hydrogens is 346 g/mol. The normalized spacial score (nSPS) is 11.5. The van der Waals surface area contributed by atoms with Crippen LogP contribution in [0.1, 0.15) is 25.1 Å². The van der Waals surface area contributed by atoms with Crippen molar-refractivity contribution in [3.63, 3.8) is 0 Å². The van der Waals surface area contributed by atoms with Gasteiger partial charge in [-0.2, -0.15) is 5.10 Å². The van der Waals surface area contributed by atoms with Crippen molar-refractivity contribution in [3.8, 4) is 11.3 Å². The number of hydrogen-bond donors (Lipinski definition) is 0. The van der Waals surface area contributed by atoms with E-state index in [1.54, 1.807) is 6.26 Å². The van der Waals surface area contributed by atoms with E-state index in [4.69, 9.17) is 9.52 Å². The average Bonchev–Trinajstić information content (AvgIpc) is 3.40. The highest BCUT2D eigenvalue weighted by molar-refractivity contribution is 5.95. The summed E-state index contributed by atoms with van der Waals surface area (Å²) in [7, 11) is 0. The first-order valence-corrected chi connectivity index (χ1v) is 10.1. The molecule has 0 N–H and O–H groups in total. The molecule has 0 saturated heterocycles. The van der Waals surface area contributed by atoms with Gasteiger partial charge in [0.25, 0.3) is 0 Å². The molecule has 4 rings (SSSR count). The molecule has 0 spiro atoms. The molecule has 2 aromatic heterocycles. The molecule has 4 nitrogen and oxygen atoms in total. The van der Waals surface area contributed by atoms with Crippen LogP contribution in [-0.4, -0.2) is 27.8 Å². The largest absolute Gasteiger partial charge is 0.464 e. The molecule has 0 amide bonds. The second-order valence-corrected chi connectivity index (χ2v) is 7.04. The molecule has 0 aliphatic heterocycles. The number of fused-ring (bicyclic) bond motifs is 1. The molecule has 0 bridgehead atoms. The molecule has 2 aromatic carbocycles. The summed E-state index contributed by atoms with van der Waals surface area (Å²) in [6.07, 6.45) is 2.70. The highest BCUT2D eigenvalue weighted by Gasteiger charge is 2.18. The molecule has 0 saturated carbocycles. The zero-order chi connectivity index (χ0) is 19.3. The highest BCUT2D eigenvalue weighted by Crippen LogP contribution is 2.32. The van der Waals surface area contributed by atoms with Gasteiger partial charge in [0.1, 0.15) is 5.76 Å². The van der Waals surface area contributed by atoms with Crippen molar-refractivity contribution < 1.29 is 4.42 Å². The van der Waals surface area contributed by atoms with Crippen molar-refractivity contribution in [2.75, 3.05) is 13.1 Å². The Kier molecular flexibility index (Phi) is 5.58. The van der Waals surface area contributed by atoms with Gasteiger partial charge >= 0.3 is 0 Å². The molecule has 0 fully saturated rings. The summed E-state index contributed by atoms with van der Waals surface area (Å²) in [5.41, 5.74) is 4.75. The first-order valence-electron chi connectivity index (χ1n) is 10.1. The van der Waals surface area contributed by atoms with Gasteiger partial charge in [-0.1, -0.05) is 56.3 Å². The number of hydrogen-bond acceptors (Lipinski definition) is 3. The van der Waals surface area contributed by atoms with Crippen LogP contribution in [0.25, 0.3) is 22.2 Å². The lowest BCUT2D eigenvalue weighted by Gasteiger charge is -2.16. The highest BCUT2D eigenvalue weighted by atomic mass is 16.3. The number of furan rings is 1. The van der Waals surface area contributed by atoms with Gasteiger partial charge in [-0.05, 0) is 43.3 Å². The van der Waals surface area contributed by atoms with E-state index in [0.717, 1.165) is 49.6 Å². The molecule has 0 atom stereocenters. The van der Waals surface area contributed by atoms with Crippen molar-refractivity contribution >= 4 is 10.9 Å². The third kappa shape index (κ3) is 3.73. The number of nitrogens with zero attached hydrogens (tertiary/aromatic N) is 3. The Morgan fingerprint density at radius 2 is 1.75 bits per heavy atom. The fourth-order valence-corrected chi connectivity index (χ4v) is 3.77. The summed E-state index contributed by atoms with van der Waals surface area (Å²) < 4.78 is 7.89. The topological polar surface area (TPSA) is 34.2 Å². The van der Waals surface area contributed by atoms with E-state index < -0.39 is 0 Å². The maximum atomic E-state index is 5.73. The van der Waals surface area contributed by atoms with Crippen LogP contribution in [0.15, 0.2) is 71.3 Å². The lowest BCUT2D eigenvalue weighted by Crippen LogP contribution is -2.22. The fraction of sp³-hybridized carbons (Fsp3) is 0.292. The van der Waals surface area contributed by atoms with Gasteiger partial charge in [0.15, 0.2) is 0 Å². The van der Waals surface area contributed by atoms with Gasteiger partial charge in [0, 0.05) is 24.0 Å². The maximum Gasteiger partial charge on any atom is 0.134 e. The van der Waals surface area contributed by atoms with Gasteiger partial charge in [-0.15, -0.1) is 0 Å². The standard InChI is InChI=1S/C24H27N3O/c1-3-26(4-2)18-21-24-20(23-14-9-17-28-23)12-8-13-22(24)27(25-21)16-15-19-10-6-5-7-11-19/h5-14,17H,3-4,15-16,18H2,1-2H3. The van der Waals surface area contributed by atoms with Crippen LogP contribution < -0.4 is 0 Å². The molecule has 4 aromatic rings. The predicted octanol–water partition coefficient (Wildman–Crippen LogP) is 5.38. The number of aromatic nitrogens is 2. The van der Waals surface area contributed by atoms with E-state index >= 15 is 0 Å². The summed E-state index contributed by atoms with van der Waals surface area (Å²) >= 11 is 0. The number of aryl methyl sites for hydroxylation is 2. The van der Waals surface area contributed by atoms with E-state index in [1.165, 1.54) is 16.5 Å². The third-order valence-corrected chi connectivity index (χ3v) is 5.36. The second-order valence-electron chi connectivity index (χ2n) is 7.04. The minimum absolute atomic E-state index is 0.847. The first-order chi connectivity index (χ1) is 13.8. The monoisotopic (exact) mass is 373 g/mol. The zero-order valence-electron chi connectivity index (χ0n) is 16.6. The van der Waals surface area contributed by atoms with Gasteiger partial charge in [-0.3, -0.25) is 9.58 Å². The third-order valence-electron chi connectivity index (χ3n) is 5.36. The van der Waals surface area contributed by atoms with Gasteiger partial charge in [-0.25, -0.2) is 0 Å². The fourth-order valence-electron chi connectivity index (χ4n) is 3.77. The van der Waals surface area contributed by atoms with E-state index in [-0.39, 0.29) is 0 Å². The van der Waals surface area contributed by atoms with Crippen molar-refractivity contribution in [2.45, 2.75) is 33.4 Å². The van der Waals surface area contributed by atoms with E-state index in [9.17, 15) is 0 Å². The lowest BCUT2D eigenvalue weighted by molar-refractivity contribution is 0.292. The van der Waals surface area contributed by atoms with Crippen molar-refractivity contribution in [3.05, 3.63) is 78.2 Å². The van der Waals surface area contributed by atoms with Crippen LogP contribution in [0, 0.1) is 0 Å². The van der Waals surface area contributed by atoms with Crippen molar-refractivity contribution in [2.24, 2.45) is 0 Å². The minimum atomic E-state index is 0.847. The van der Waals surface area contributed by atoms with E-state index in [1.807, 2.05) is 12.1 Å². The minimum Gasteiger partial charge on any atom is -0.464 e. The summed E-state index contributed by atoms with van der Waals surface area (Å²) in [5.74, 6) is 0.897. The molecule has 2 heterocycles. The molecular formula is C24H27N3O. The quantitative estimate of drug-likeness (QED) is 0.416. The number of benzene rings is 2. The Morgan fingerprint density at radius 3 is 2.46 bits per heavy atom. The first kappa shape index (κ1) is 18.5. The maximum absolute atomic E-state index is 5.73. The molecule has 0 aliphatic carbocycles. The molecule has 0 radical (unpaired) electrons. The second kappa shape index (κ2) is 8.44. The lowest BCUT2D eigenvalue weighted by atomic mass is 10.0. The van der Waals surface area contributed by atoms with Gasteiger partial charge in [0.05, 0.1) is 17.5 Å². The van der Waals surface area contributed by atoms with E-state index in [0.29, 0.717) is 0 Å². The van der Waals surface area contributed by atoms with Crippen LogP contribution in [0.3, 0.4) is 0 Å². The van der Waals surface area contributed by atoms with E-state index in [2.05, 4.69) is 72.0 Å². The van der Waals surface area contributed by atoms with Gasteiger partial charge in [0.2, 0.25) is 0 Å². The Hall–Kier alpha value is -2.85. The zero-order valence-corrected chi connectivity index (χ0v) is 16.6. The van der Waals surface area contributed by atoms with Crippen LogP contribution in [0.2, 0.25) is 0 Å². The Labute approximate surface area is 166 Å². The average molecular weight is 374 g/mol. The molecule has 4 heteroatoms. The molecule has 144 valence electrons. The van der Waals surface area contributed by atoms with Gasteiger partial charge < -0.3 is 4.42 Å². The molecule has 0 aliphatic rings. The predicted molar refractivity (Wildman–Crippen MR) is 114 cm³/mol. The summed E-state index contributed by atoms with van der Waals surface area (Å²) in [6, 6.07) is 21.0. The Morgan fingerprint density at radius 1 is 0.929 bits per heavy atom. The number of rotatable bonds is 8. The molecule has 0 unspecified atom stereocenters. The summed E-state index contributed by atoms with van der Waals surface area (Å²) in [4.78, 5) is 2.40. The van der Waals surface area contributed by atoms with Crippen molar-refractivity contribution in [1.82, 2.24) is 14.7 Å². The Bertz CT molecular complexity index is 1010. The summed E-state index contributed by atoms with van der Waals surface area (Å²) in [6.45, 7) is 8.13. The van der Waals surface area contributed by atoms with Crippen LogP contribution in [-0.2, 0) is 19.5 Å². The SMILES string of the molecule is CCN(CC)Cc1nn(CCc2ccccc2)c2cccc(-c3ccco3)c12. The summed E-state index contributed by atoms with van der Waals surface area (Å²) in [5, 5.41) is 6.25. The van der Waals surface area contributed by atoms with Crippen LogP contribution in [0.4, 0.5) is 0 Å². The van der Waals surface area contributed by atoms with Crippen molar-refractivity contribution in [1.29, 1.82) is 0 Å².